The number of anilines is 1. The summed E-state index contributed by atoms with van der Waals surface area (Å²) in [5.74, 6) is -2.32. The molecule has 2 saturated heterocycles. The average Bonchev–Trinajstić information content (AvgIpc) is 3.35. The summed E-state index contributed by atoms with van der Waals surface area (Å²) >= 11 is 0.668. The van der Waals surface area contributed by atoms with E-state index in [-0.39, 0.29) is 51.7 Å². The number of sulfonamides is 1. The molecular weight excluding hydrogens is 669 g/mol. The van der Waals surface area contributed by atoms with Crippen LogP contribution in [0, 0.1) is 24.7 Å². The zero-order chi connectivity index (χ0) is 31.6. The van der Waals surface area contributed by atoms with Crippen molar-refractivity contribution in [2.24, 2.45) is 17.8 Å². The topological polar surface area (TPSA) is 199 Å². The minimum absolute atomic E-state index is 0. The smallest absolute Gasteiger partial charge is 0.327 e. The molecule has 0 radical (unpaired) electrons. The van der Waals surface area contributed by atoms with Crippen LogP contribution in [-0.2, 0) is 29.2 Å². The van der Waals surface area contributed by atoms with Crippen molar-refractivity contribution in [3.05, 3.63) is 5.69 Å². The molecular formula is C27H47Cl2N7O7S2. The van der Waals surface area contributed by atoms with Crippen LogP contribution in [0.5, 0.6) is 0 Å². The van der Waals surface area contributed by atoms with E-state index in [1.54, 1.807) is 0 Å². The molecule has 0 spiro atoms. The Labute approximate surface area is 281 Å². The minimum Gasteiger partial charge on any atom is -0.480 e. The standard InChI is InChI=1S/C27H45N7O7S2.2ClH/c1-17-26(42-27(31-17)32-19(3)35)43(40,41)33-34(18(2)25(38)39)23(36)16-30-24(37)22(6-4-20-8-12-28-13-9-20)7-5-21-10-14-29-15-11-21;;/h18,20-22,28-29,33H,4-16H2,1-3H3,(H,30,37)(H,38,39)(H,31,32,35);2*1H. The van der Waals surface area contributed by atoms with Crippen LogP contribution in [0.4, 0.5) is 5.13 Å². The molecule has 2 aliphatic heterocycles. The van der Waals surface area contributed by atoms with Crippen molar-refractivity contribution < 1.29 is 32.7 Å². The molecule has 18 heteroatoms. The van der Waals surface area contributed by atoms with Crippen LogP contribution in [0.3, 0.4) is 0 Å². The first-order valence-corrected chi connectivity index (χ1v) is 17.2. The number of aliphatic carboxylic acids is 1. The summed E-state index contributed by atoms with van der Waals surface area (Å²) in [4.78, 5) is 55.8. The summed E-state index contributed by atoms with van der Waals surface area (Å²) in [6.45, 7) is 7.11. The Balaban J connectivity index is 0.00000506. The van der Waals surface area contributed by atoms with E-state index >= 15 is 0 Å². The zero-order valence-corrected chi connectivity index (χ0v) is 29.2. The number of aryl methyl sites for hydroxylation is 1. The van der Waals surface area contributed by atoms with Crippen LogP contribution >= 0.6 is 36.2 Å². The highest BCUT2D eigenvalue weighted by Crippen LogP contribution is 2.28. The lowest BCUT2D eigenvalue weighted by atomic mass is 9.84. The fourth-order valence-electron chi connectivity index (χ4n) is 5.48. The number of carbonyl (C=O) groups is 4. The quantitative estimate of drug-likeness (QED) is 0.146. The molecule has 0 aromatic carbocycles. The Morgan fingerprint density at radius 1 is 1.00 bits per heavy atom. The van der Waals surface area contributed by atoms with Gasteiger partial charge in [-0.1, -0.05) is 11.3 Å². The molecule has 1 atom stereocenters. The van der Waals surface area contributed by atoms with E-state index in [9.17, 15) is 32.7 Å². The van der Waals surface area contributed by atoms with Gasteiger partial charge in [-0.2, -0.15) is 0 Å². The van der Waals surface area contributed by atoms with Crippen molar-refractivity contribution in [1.82, 2.24) is 30.8 Å². The summed E-state index contributed by atoms with van der Waals surface area (Å²) in [5.41, 5.74) is 0.0651. The SMILES string of the molecule is CC(=O)Nc1nc(C)c(S(=O)(=O)NN(C(=O)CNC(=O)C(CCC2CCNCC2)CCC2CCNCC2)C(C)C(=O)O)s1.Cl.Cl. The van der Waals surface area contributed by atoms with Crippen LogP contribution in [0.1, 0.15) is 70.9 Å². The van der Waals surface area contributed by atoms with Gasteiger partial charge >= 0.3 is 5.97 Å². The Hall–Kier alpha value is -2.08. The van der Waals surface area contributed by atoms with Gasteiger partial charge in [0.25, 0.3) is 15.9 Å². The van der Waals surface area contributed by atoms with Crippen LogP contribution in [0.2, 0.25) is 0 Å². The summed E-state index contributed by atoms with van der Waals surface area (Å²) in [7, 11) is -4.45. The number of halogens is 2. The largest absolute Gasteiger partial charge is 0.480 e. The van der Waals surface area contributed by atoms with E-state index < -0.39 is 40.4 Å². The molecule has 2 aliphatic rings. The van der Waals surface area contributed by atoms with Crippen LogP contribution < -0.4 is 26.1 Å². The number of piperidine rings is 2. The monoisotopic (exact) mass is 715 g/mol. The Kier molecular flexibility index (Phi) is 17.8. The lowest BCUT2D eigenvalue weighted by molar-refractivity contribution is -0.150. The Morgan fingerprint density at radius 3 is 1.98 bits per heavy atom. The van der Waals surface area contributed by atoms with Gasteiger partial charge in [-0.05, 0) is 103 Å². The van der Waals surface area contributed by atoms with Crippen LogP contribution in [-0.4, -0.2) is 86.0 Å². The predicted octanol–water partition coefficient (Wildman–Crippen LogP) is 2.04. The van der Waals surface area contributed by atoms with E-state index in [1.807, 2.05) is 0 Å². The number of nitrogens with one attached hydrogen (secondary N) is 5. The number of amides is 3. The third-order valence-corrected chi connectivity index (χ3v) is 11.1. The molecule has 3 rings (SSSR count). The molecule has 2 fully saturated rings. The van der Waals surface area contributed by atoms with Crippen molar-refractivity contribution in [3.63, 3.8) is 0 Å². The fourth-order valence-corrected chi connectivity index (χ4v) is 8.05. The number of carboxylic acid groups (broad SMARTS) is 1. The van der Waals surface area contributed by atoms with Crippen molar-refractivity contribution >= 4 is 75.0 Å². The highest BCUT2D eigenvalue weighted by molar-refractivity contribution is 7.91. The molecule has 3 heterocycles. The fraction of sp³-hybridized carbons (Fsp3) is 0.741. The number of carbonyl (C=O) groups excluding carboxylic acids is 3. The van der Waals surface area contributed by atoms with Crippen molar-refractivity contribution in [3.8, 4) is 0 Å². The maximum Gasteiger partial charge on any atom is 0.327 e. The predicted molar refractivity (Wildman–Crippen MR) is 176 cm³/mol. The van der Waals surface area contributed by atoms with Crippen LogP contribution in [0.15, 0.2) is 4.21 Å². The molecule has 45 heavy (non-hydrogen) atoms. The zero-order valence-electron chi connectivity index (χ0n) is 25.9. The average molecular weight is 717 g/mol. The molecule has 3 amide bonds. The number of rotatable bonds is 15. The number of hydrogen-bond donors (Lipinski definition) is 6. The second kappa shape index (κ2) is 19.6. The Morgan fingerprint density at radius 2 is 1.51 bits per heavy atom. The number of hydrogen-bond acceptors (Lipinski definition) is 10. The van der Waals surface area contributed by atoms with E-state index in [0.29, 0.717) is 41.0 Å². The van der Waals surface area contributed by atoms with Gasteiger partial charge < -0.3 is 26.4 Å². The number of hydrazine groups is 1. The molecule has 14 nitrogen and oxygen atoms in total. The second-order valence-electron chi connectivity index (χ2n) is 11.4. The van der Waals surface area contributed by atoms with Crippen molar-refractivity contribution in [2.45, 2.75) is 82.4 Å². The summed E-state index contributed by atoms with van der Waals surface area (Å²) in [6, 6.07) is -1.57. The van der Waals surface area contributed by atoms with E-state index in [0.717, 1.165) is 71.6 Å². The van der Waals surface area contributed by atoms with Crippen molar-refractivity contribution in [2.75, 3.05) is 38.0 Å². The van der Waals surface area contributed by atoms with Gasteiger partial charge in [-0.25, -0.2) is 23.2 Å². The van der Waals surface area contributed by atoms with Crippen molar-refractivity contribution in [1.29, 1.82) is 0 Å². The summed E-state index contributed by atoms with van der Waals surface area (Å²) < 4.78 is 26.1. The van der Waals surface area contributed by atoms with Gasteiger partial charge in [0, 0.05) is 12.8 Å². The molecule has 1 aromatic rings. The van der Waals surface area contributed by atoms with E-state index in [1.165, 1.54) is 13.8 Å². The number of nitrogens with zero attached hydrogens (tertiary/aromatic N) is 2. The highest BCUT2D eigenvalue weighted by Gasteiger charge is 2.33. The first-order valence-electron chi connectivity index (χ1n) is 14.9. The third kappa shape index (κ3) is 12.9. The molecule has 1 unspecified atom stereocenters. The van der Waals surface area contributed by atoms with Gasteiger partial charge in [-0.3, -0.25) is 14.4 Å². The molecule has 0 saturated carbocycles. The van der Waals surface area contributed by atoms with Gasteiger partial charge in [0.1, 0.15) is 6.04 Å². The molecule has 258 valence electrons. The molecule has 0 bridgehead atoms. The van der Waals surface area contributed by atoms with Gasteiger partial charge in [0.15, 0.2) is 9.34 Å². The normalized spacial score (nSPS) is 16.6. The maximum absolute atomic E-state index is 13.4. The minimum atomic E-state index is -4.45. The highest BCUT2D eigenvalue weighted by atomic mass is 35.5. The third-order valence-electron chi connectivity index (χ3n) is 8.06. The maximum atomic E-state index is 13.4. The number of carboxylic acids is 1. The lowest BCUT2D eigenvalue weighted by Crippen LogP contribution is -2.56. The molecule has 0 aliphatic carbocycles. The van der Waals surface area contributed by atoms with Crippen LogP contribution in [0.25, 0.3) is 0 Å². The second-order valence-corrected chi connectivity index (χ2v) is 14.3. The summed E-state index contributed by atoms with van der Waals surface area (Å²) in [6.07, 6.45) is 7.47. The number of thiazole rings is 1. The Bertz CT molecular complexity index is 1220. The van der Waals surface area contributed by atoms with E-state index in [4.69, 9.17) is 0 Å². The van der Waals surface area contributed by atoms with E-state index in [2.05, 4.69) is 31.1 Å². The summed E-state index contributed by atoms with van der Waals surface area (Å²) in [5, 5.41) is 21.9. The lowest BCUT2D eigenvalue weighted by Gasteiger charge is -2.28. The molecule has 6 N–H and O–H groups in total. The van der Waals surface area contributed by atoms with Gasteiger partial charge in [0.2, 0.25) is 11.8 Å². The number of aromatic nitrogens is 1. The first kappa shape index (κ1) is 40.9. The van der Waals surface area contributed by atoms with Gasteiger partial charge in [0.05, 0.1) is 12.2 Å². The molecule has 1 aromatic heterocycles. The van der Waals surface area contributed by atoms with Gasteiger partial charge in [-0.15, -0.1) is 29.6 Å². The first-order chi connectivity index (χ1) is 20.4.